The Morgan fingerprint density at radius 3 is 2.52 bits per heavy atom. The first kappa shape index (κ1) is 23.9. The summed E-state index contributed by atoms with van der Waals surface area (Å²) in [6.45, 7) is 7.12. The lowest BCUT2D eigenvalue weighted by Crippen LogP contribution is -2.53. The van der Waals surface area contributed by atoms with Gasteiger partial charge in [0.1, 0.15) is 5.82 Å². The minimum atomic E-state index is -3.12. The summed E-state index contributed by atoms with van der Waals surface area (Å²) in [5.74, 6) is 1.88. The van der Waals surface area contributed by atoms with Crippen LogP contribution in [0.5, 0.6) is 0 Å². The number of aliphatic imine (C=N–C) groups is 1. The van der Waals surface area contributed by atoms with Gasteiger partial charge in [0.05, 0.1) is 6.26 Å². The van der Waals surface area contributed by atoms with Gasteiger partial charge in [0.15, 0.2) is 5.96 Å². The van der Waals surface area contributed by atoms with Gasteiger partial charge in [-0.1, -0.05) is 13.0 Å². The third kappa shape index (κ3) is 7.41. The fourth-order valence-corrected chi connectivity index (χ4v) is 3.96. The van der Waals surface area contributed by atoms with Crippen LogP contribution < -0.4 is 10.2 Å². The summed E-state index contributed by atoms with van der Waals surface area (Å²) >= 11 is 0. The molecule has 1 aromatic rings. The zero-order chi connectivity index (χ0) is 19.0. The molecule has 1 aliphatic heterocycles. The quantitative estimate of drug-likeness (QED) is 0.256. The molecule has 0 atom stereocenters. The number of hydrogen-bond acceptors (Lipinski definition) is 5. The highest BCUT2D eigenvalue weighted by molar-refractivity contribution is 14.0. The maximum Gasteiger partial charge on any atom is 0.211 e. The molecule has 1 N–H and O–H groups in total. The molecule has 1 fully saturated rings. The number of halogens is 1. The van der Waals surface area contributed by atoms with E-state index in [4.69, 9.17) is 0 Å². The Labute approximate surface area is 180 Å². The topological polar surface area (TPSA) is 81.1 Å². The molecule has 154 valence electrons. The molecule has 0 saturated carbocycles. The molecule has 0 aliphatic carbocycles. The molecule has 10 heteroatoms. The highest BCUT2D eigenvalue weighted by Gasteiger charge is 2.20. The number of sulfonamides is 1. The number of aromatic nitrogens is 1. The second-order valence-electron chi connectivity index (χ2n) is 6.24. The SMILES string of the molecule is CCN(CCCNC(=NC)N1CCN(c2ccccn2)CC1)S(C)(=O)=O.I. The van der Waals surface area contributed by atoms with E-state index in [-0.39, 0.29) is 24.0 Å². The van der Waals surface area contributed by atoms with Crippen molar-refractivity contribution in [3.8, 4) is 0 Å². The van der Waals surface area contributed by atoms with Crippen molar-refractivity contribution in [3.63, 3.8) is 0 Å². The molecule has 0 spiro atoms. The maximum absolute atomic E-state index is 11.6. The third-order valence-electron chi connectivity index (χ3n) is 4.45. The van der Waals surface area contributed by atoms with Gasteiger partial charge >= 0.3 is 0 Å². The highest BCUT2D eigenvalue weighted by Crippen LogP contribution is 2.12. The van der Waals surface area contributed by atoms with Gasteiger partial charge in [0, 0.05) is 59.1 Å². The van der Waals surface area contributed by atoms with E-state index in [9.17, 15) is 8.42 Å². The highest BCUT2D eigenvalue weighted by atomic mass is 127. The molecular formula is C17H31IN6O2S. The summed E-state index contributed by atoms with van der Waals surface area (Å²) < 4.78 is 24.7. The first-order valence-corrected chi connectivity index (χ1v) is 10.9. The molecule has 0 radical (unpaired) electrons. The summed E-state index contributed by atoms with van der Waals surface area (Å²) in [6, 6.07) is 5.96. The summed E-state index contributed by atoms with van der Waals surface area (Å²) in [5.41, 5.74) is 0. The Balaban J connectivity index is 0.00000364. The van der Waals surface area contributed by atoms with Crippen molar-refractivity contribution < 1.29 is 8.42 Å². The van der Waals surface area contributed by atoms with Crippen molar-refractivity contribution in [2.45, 2.75) is 13.3 Å². The standard InChI is InChI=1S/C17H30N6O2S.HI/c1-4-23(26(3,24)25)11-7-10-20-17(18-2)22-14-12-21(13-15-22)16-8-5-6-9-19-16;/h5-6,8-9H,4,7,10-15H2,1-3H3,(H,18,20);1H. The predicted octanol–water partition coefficient (Wildman–Crippen LogP) is 1.07. The van der Waals surface area contributed by atoms with Crippen LogP contribution in [0.4, 0.5) is 5.82 Å². The average molecular weight is 510 g/mol. The molecule has 2 heterocycles. The lowest BCUT2D eigenvalue weighted by molar-refractivity contribution is 0.369. The fraction of sp³-hybridized carbons (Fsp3) is 0.647. The van der Waals surface area contributed by atoms with Crippen molar-refractivity contribution in [2.75, 3.05) is 64.0 Å². The summed E-state index contributed by atoms with van der Waals surface area (Å²) in [6.07, 6.45) is 3.82. The number of guanidine groups is 1. The summed E-state index contributed by atoms with van der Waals surface area (Å²) in [5, 5.41) is 3.34. The van der Waals surface area contributed by atoms with Crippen LogP contribution in [-0.4, -0.2) is 87.7 Å². The van der Waals surface area contributed by atoms with Crippen molar-refractivity contribution in [3.05, 3.63) is 24.4 Å². The Morgan fingerprint density at radius 1 is 1.30 bits per heavy atom. The van der Waals surface area contributed by atoms with Crippen LogP contribution in [0.15, 0.2) is 29.4 Å². The van der Waals surface area contributed by atoms with Crippen molar-refractivity contribution >= 4 is 45.8 Å². The number of anilines is 1. The fourth-order valence-electron chi connectivity index (χ4n) is 3.03. The van der Waals surface area contributed by atoms with E-state index in [1.165, 1.54) is 10.6 Å². The number of hydrogen-bond donors (Lipinski definition) is 1. The van der Waals surface area contributed by atoms with Crippen molar-refractivity contribution in [2.24, 2.45) is 4.99 Å². The zero-order valence-electron chi connectivity index (χ0n) is 16.3. The monoisotopic (exact) mass is 510 g/mol. The minimum Gasteiger partial charge on any atom is -0.356 e. The van der Waals surface area contributed by atoms with E-state index in [0.717, 1.165) is 44.4 Å². The van der Waals surface area contributed by atoms with Crippen LogP contribution in [0.2, 0.25) is 0 Å². The molecule has 0 unspecified atom stereocenters. The summed E-state index contributed by atoms with van der Waals surface area (Å²) in [4.78, 5) is 13.3. The van der Waals surface area contributed by atoms with E-state index < -0.39 is 10.0 Å². The largest absolute Gasteiger partial charge is 0.356 e. The molecule has 8 nitrogen and oxygen atoms in total. The van der Waals surface area contributed by atoms with E-state index in [0.29, 0.717) is 19.6 Å². The van der Waals surface area contributed by atoms with E-state index >= 15 is 0 Å². The maximum atomic E-state index is 11.6. The molecule has 2 rings (SSSR count). The number of pyridine rings is 1. The molecule has 0 bridgehead atoms. The van der Waals surface area contributed by atoms with E-state index in [1.807, 2.05) is 31.3 Å². The third-order valence-corrected chi connectivity index (χ3v) is 5.83. The first-order valence-electron chi connectivity index (χ1n) is 9.02. The molecule has 0 amide bonds. The molecule has 1 aromatic heterocycles. The Bertz CT molecular complexity index is 678. The Morgan fingerprint density at radius 2 is 2.00 bits per heavy atom. The van der Waals surface area contributed by atoms with Crippen molar-refractivity contribution in [1.82, 2.24) is 19.5 Å². The van der Waals surface area contributed by atoms with Crippen molar-refractivity contribution in [1.29, 1.82) is 0 Å². The number of nitrogens with one attached hydrogen (secondary N) is 1. The van der Waals surface area contributed by atoms with Crippen LogP contribution in [0, 0.1) is 0 Å². The summed E-state index contributed by atoms with van der Waals surface area (Å²) in [7, 11) is -1.34. The van der Waals surface area contributed by atoms with Crippen LogP contribution in [0.1, 0.15) is 13.3 Å². The number of piperazine rings is 1. The molecular weight excluding hydrogens is 479 g/mol. The average Bonchev–Trinajstić information content (AvgIpc) is 2.65. The molecule has 0 aromatic carbocycles. The Hall–Kier alpha value is -1.14. The van der Waals surface area contributed by atoms with E-state index in [2.05, 4.69) is 25.1 Å². The number of nitrogens with zero attached hydrogens (tertiary/aromatic N) is 5. The second-order valence-corrected chi connectivity index (χ2v) is 8.23. The van der Waals surface area contributed by atoms with Gasteiger partial charge in [0.25, 0.3) is 0 Å². The lowest BCUT2D eigenvalue weighted by atomic mass is 10.3. The van der Waals surface area contributed by atoms with Gasteiger partial charge in [0.2, 0.25) is 10.0 Å². The van der Waals surface area contributed by atoms with Crippen LogP contribution in [0.25, 0.3) is 0 Å². The van der Waals surface area contributed by atoms with Gasteiger partial charge in [-0.2, -0.15) is 0 Å². The predicted molar refractivity (Wildman–Crippen MR) is 122 cm³/mol. The minimum absolute atomic E-state index is 0. The Kier molecular flexibility index (Phi) is 10.3. The van der Waals surface area contributed by atoms with Gasteiger partial charge in [-0.3, -0.25) is 4.99 Å². The second kappa shape index (κ2) is 11.6. The lowest BCUT2D eigenvalue weighted by Gasteiger charge is -2.37. The van der Waals surface area contributed by atoms with Gasteiger partial charge in [-0.15, -0.1) is 24.0 Å². The van der Waals surface area contributed by atoms with E-state index in [1.54, 1.807) is 7.05 Å². The van der Waals surface area contributed by atoms with Gasteiger partial charge in [-0.25, -0.2) is 17.7 Å². The zero-order valence-corrected chi connectivity index (χ0v) is 19.5. The van der Waals surface area contributed by atoms with Gasteiger partial charge in [-0.05, 0) is 18.6 Å². The van der Waals surface area contributed by atoms with Crippen LogP contribution >= 0.6 is 24.0 Å². The van der Waals surface area contributed by atoms with Crippen LogP contribution in [0.3, 0.4) is 0 Å². The number of rotatable bonds is 7. The smallest absolute Gasteiger partial charge is 0.211 e. The first-order chi connectivity index (χ1) is 12.5. The normalized spacial score (nSPS) is 15.6. The van der Waals surface area contributed by atoms with Crippen LogP contribution in [-0.2, 0) is 10.0 Å². The molecule has 1 aliphatic rings. The van der Waals surface area contributed by atoms with Gasteiger partial charge < -0.3 is 15.1 Å². The molecule has 27 heavy (non-hydrogen) atoms. The molecule has 1 saturated heterocycles.